The number of thiazole rings is 1. The quantitative estimate of drug-likeness (QED) is 0.911. The first-order valence-electron chi connectivity index (χ1n) is 7.99. The summed E-state index contributed by atoms with van der Waals surface area (Å²) >= 11 is 1.42. The molecule has 1 N–H and O–H groups in total. The lowest BCUT2D eigenvalue weighted by Gasteiger charge is -2.20. The Morgan fingerprint density at radius 3 is 2.83 bits per heavy atom. The molecule has 2 aromatic rings. The number of carbonyl (C=O) groups excluding carboxylic acids is 1. The van der Waals surface area contributed by atoms with Crippen molar-refractivity contribution in [2.45, 2.75) is 39.2 Å². The maximum absolute atomic E-state index is 12.4. The number of ether oxygens (including phenoxy) is 2. The monoisotopic (exact) mass is 346 g/mol. The Bertz CT molecular complexity index is 764. The van der Waals surface area contributed by atoms with Crippen LogP contribution < -0.4 is 10.1 Å². The summed E-state index contributed by atoms with van der Waals surface area (Å²) in [5.41, 5.74) is 3.32. The molecule has 1 aliphatic heterocycles. The van der Waals surface area contributed by atoms with Gasteiger partial charge >= 0.3 is 0 Å². The van der Waals surface area contributed by atoms with Gasteiger partial charge in [0.05, 0.1) is 12.8 Å². The lowest BCUT2D eigenvalue weighted by atomic mass is 10.0. The van der Waals surface area contributed by atoms with Crippen molar-refractivity contribution in [2.24, 2.45) is 0 Å². The van der Waals surface area contributed by atoms with E-state index in [1.165, 1.54) is 11.3 Å². The highest BCUT2D eigenvalue weighted by molar-refractivity contribution is 7.14. The van der Waals surface area contributed by atoms with Crippen LogP contribution in [0.3, 0.4) is 0 Å². The number of hydrogen-bond donors (Lipinski definition) is 1. The van der Waals surface area contributed by atoms with Gasteiger partial charge in [0.25, 0.3) is 5.91 Å². The standard InChI is InChI=1S/C18H22N2O3S/c1-11-9-15(22-4)12(2)8-13(11)14-10-24-17(19-14)20-16(21)18(3)6-5-7-23-18/h8-10H,5-7H2,1-4H3,(H,19,20,21)/t18-/m1/s1. The lowest BCUT2D eigenvalue weighted by Crippen LogP contribution is -2.39. The summed E-state index contributed by atoms with van der Waals surface area (Å²) in [6.45, 7) is 6.51. The number of aromatic nitrogens is 1. The fourth-order valence-electron chi connectivity index (χ4n) is 2.93. The highest BCUT2D eigenvalue weighted by Crippen LogP contribution is 2.33. The molecule has 0 spiro atoms. The Morgan fingerprint density at radius 2 is 2.17 bits per heavy atom. The Hall–Kier alpha value is -1.92. The van der Waals surface area contributed by atoms with E-state index in [4.69, 9.17) is 9.47 Å². The van der Waals surface area contributed by atoms with Crippen molar-refractivity contribution in [3.63, 3.8) is 0 Å². The molecule has 3 rings (SSSR count). The summed E-state index contributed by atoms with van der Waals surface area (Å²) in [7, 11) is 1.67. The van der Waals surface area contributed by atoms with Gasteiger partial charge in [-0.1, -0.05) is 0 Å². The molecule has 0 saturated carbocycles. The van der Waals surface area contributed by atoms with E-state index in [1.54, 1.807) is 7.11 Å². The van der Waals surface area contributed by atoms with Crippen molar-refractivity contribution in [1.82, 2.24) is 4.98 Å². The summed E-state index contributed by atoms with van der Waals surface area (Å²) in [4.78, 5) is 17.0. The van der Waals surface area contributed by atoms with Gasteiger partial charge in [-0.15, -0.1) is 11.3 Å². The molecule has 1 aromatic heterocycles. The summed E-state index contributed by atoms with van der Waals surface area (Å²) in [6, 6.07) is 4.08. The van der Waals surface area contributed by atoms with Gasteiger partial charge in [0.1, 0.15) is 11.4 Å². The molecule has 6 heteroatoms. The number of carbonyl (C=O) groups is 1. The van der Waals surface area contributed by atoms with Crippen molar-refractivity contribution in [2.75, 3.05) is 19.0 Å². The average Bonchev–Trinajstić information content (AvgIpc) is 3.19. The van der Waals surface area contributed by atoms with E-state index in [0.29, 0.717) is 11.7 Å². The molecule has 0 aliphatic carbocycles. The zero-order chi connectivity index (χ0) is 17.3. The fraction of sp³-hybridized carbons (Fsp3) is 0.444. The molecule has 0 unspecified atom stereocenters. The second-order valence-corrected chi connectivity index (χ2v) is 7.17. The minimum Gasteiger partial charge on any atom is -0.496 e. The first-order valence-corrected chi connectivity index (χ1v) is 8.87. The summed E-state index contributed by atoms with van der Waals surface area (Å²) in [5, 5.41) is 5.45. The van der Waals surface area contributed by atoms with E-state index in [9.17, 15) is 4.79 Å². The van der Waals surface area contributed by atoms with E-state index < -0.39 is 5.60 Å². The SMILES string of the molecule is COc1cc(C)c(-c2csc(NC(=O)[C@@]3(C)CCCO3)n2)cc1C. The molecule has 1 fully saturated rings. The summed E-state index contributed by atoms with van der Waals surface area (Å²) in [6.07, 6.45) is 1.66. The summed E-state index contributed by atoms with van der Waals surface area (Å²) < 4.78 is 10.9. The number of amides is 1. The van der Waals surface area contributed by atoms with Gasteiger partial charge in [0.2, 0.25) is 0 Å². The third kappa shape index (κ3) is 3.16. The van der Waals surface area contributed by atoms with Crippen molar-refractivity contribution in [1.29, 1.82) is 0 Å². The van der Waals surface area contributed by atoms with E-state index in [2.05, 4.69) is 16.4 Å². The first-order chi connectivity index (χ1) is 11.4. The van der Waals surface area contributed by atoms with Gasteiger partial charge < -0.3 is 9.47 Å². The molecule has 5 nitrogen and oxygen atoms in total. The number of nitrogens with zero attached hydrogens (tertiary/aromatic N) is 1. The van der Waals surface area contributed by atoms with Crippen molar-refractivity contribution in [3.8, 4) is 17.0 Å². The highest BCUT2D eigenvalue weighted by Gasteiger charge is 2.38. The van der Waals surface area contributed by atoms with Gasteiger partial charge in [-0.05, 0) is 56.9 Å². The number of rotatable bonds is 4. The topological polar surface area (TPSA) is 60.5 Å². The third-order valence-corrected chi connectivity index (χ3v) is 5.20. The number of anilines is 1. The van der Waals surface area contributed by atoms with Crippen molar-refractivity contribution >= 4 is 22.4 Å². The second kappa shape index (κ2) is 6.53. The zero-order valence-electron chi connectivity index (χ0n) is 14.4. The predicted molar refractivity (Wildman–Crippen MR) is 95.8 cm³/mol. The van der Waals surface area contributed by atoms with Crippen LogP contribution in [0.15, 0.2) is 17.5 Å². The molecule has 1 aromatic carbocycles. The Kier molecular flexibility index (Phi) is 4.60. The molecule has 1 aliphatic rings. The van der Waals surface area contributed by atoms with Crippen LogP contribution in [0.4, 0.5) is 5.13 Å². The van der Waals surface area contributed by atoms with Crippen LogP contribution in [-0.4, -0.2) is 30.2 Å². The Morgan fingerprint density at radius 1 is 1.38 bits per heavy atom. The smallest absolute Gasteiger partial charge is 0.258 e. The van der Waals surface area contributed by atoms with Crippen molar-refractivity contribution < 1.29 is 14.3 Å². The second-order valence-electron chi connectivity index (χ2n) is 6.31. The molecule has 0 bridgehead atoms. The maximum atomic E-state index is 12.4. The number of aryl methyl sites for hydroxylation is 2. The van der Waals surface area contributed by atoms with Gasteiger partial charge in [0.15, 0.2) is 5.13 Å². The van der Waals surface area contributed by atoms with Gasteiger partial charge in [-0.25, -0.2) is 4.98 Å². The van der Waals surface area contributed by atoms with Crippen molar-refractivity contribution in [3.05, 3.63) is 28.6 Å². The van der Waals surface area contributed by atoms with Crippen LogP contribution in [0.1, 0.15) is 30.9 Å². The number of hydrogen-bond acceptors (Lipinski definition) is 5. The van der Waals surface area contributed by atoms with Crippen LogP contribution in [0, 0.1) is 13.8 Å². The maximum Gasteiger partial charge on any atom is 0.258 e. The minimum absolute atomic E-state index is 0.122. The molecule has 1 saturated heterocycles. The van der Waals surface area contributed by atoms with Crippen LogP contribution in [0.25, 0.3) is 11.3 Å². The number of nitrogens with one attached hydrogen (secondary N) is 1. The van der Waals surface area contributed by atoms with Crippen LogP contribution in [-0.2, 0) is 9.53 Å². The van der Waals surface area contributed by atoms with Gasteiger partial charge in [0, 0.05) is 17.6 Å². The third-order valence-electron chi connectivity index (χ3n) is 4.44. The van der Waals surface area contributed by atoms with E-state index in [-0.39, 0.29) is 5.91 Å². The molecular weight excluding hydrogens is 324 g/mol. The molecule has 1 amide bonds. The summed E-state index contributed by atoms with van der Waals surface area (Å²) in [5.74, 6) is 0.745. The predicted octanol–water partition coefficient (Wildman–Crippen LogP) is 3.94. The van der Waals surface area contributed by atoms with E-state index >= 15 is 0 Å². The molecular formula is C18H22N2O3S. The number of methoxy groups -OCH3 is 1. The first kappa shape index (κ1) is 16.9. The van der Waals surface area contributed by atoms with Gasteiger partial charge in [-0.2, -0.15) is 0 Å². The van der Waals surface area contributed by atoms with Crippen LogP contribution in [0.5, 0.6) is 5.75 Å². The van der Waals surface area contributed by atoms with Crippen LogP contribution >= 0.6 is 11.3 Å². The van der Waals surface area contributed by atoms with E-state index in [0.717, 1.165) is 41.0 Å². The molecule has 0 radical (unpaired) electrons. The lowest BCUT2D eigenvalue weighted by molar-refractivity contribution is -0.133. The molecule has 24 heavy (non-hydrogen) atoms. The molecule has 1 atom stereocenters. The molecule has 128 valence electrons. The average molecular weight is 346 g/mol. The van der Waals surface area contributed by atoms with E-state index in [1.807, 2.05) is 32.2 Å². The van der Waals surface area contributed by atoms with Gasteiger partial charge in [-0.3, -0.25) is 10.1 Å². The zero-order valence-corrected chi connectivity index (χ0v) is 15.3. The molecule has 2 heterocycles. The fourth-order valence-corrected chi connectivity index (χ4v) is 3.63. The Labute approximate surface area is 146 Å². The largest absolute Gasteiger partial charge is 0.496 e. The van der Waals surface area contributed by atoms with Crippen LogP contribution in [0.2, 0.25) is 0 Å². The Balaban J connectivity index is 1.81. The number of benzene rings is 1. The highest BCUT2D eigenvalue weighted by atomic mass is 32.1. The normalized spacial score (nSPS) is 20.2. The minimum atomic E-state index is -0.738.